The van der Waals surface area contributed by atoms with Gasteiger partial charge in [-0.05, 0) is 34.1 Å². The van der Waals surface area contributed by atoms with Crippen molar-refractivity contribution in [1.82, 2.24) is 0 Å². The monoisotopic (exact) mass is 378 g/mol. The zero-order valence-electron chi connectivity index (χ0n) is 10.2. The molecule has 8 heteroatoms. The lowest BCUT2D eigenvalue weighted by Crippen LogP contribution is -2.15. The van der Waals surface area contributed by atoms with E-state index in [4.69, 9.17) is 17.3 Å². The second-order valence-corrected chi connectivity index (χ2v) is 5.31. The second kappa shape index (κ2) is 5.95. The smallest absolute Gasteiger partial charge is 0.257 e. The fourth-order valence-corrected chi connectivity index (χ4v) is 2.50. The van der Waals surface area contributed by atoms with Crippen molar-refractivity contribution < 1.29 is 18.0 Å². The molecule has 0 unspecified atom stereocenters. The van der Waals surface area contributed by atoms with Crippen molar-refractivity contribution in [2.24, 2.45) is 0 Å². The van der Waals surface area contributed by atoms with Crippen molar-refractivity contribution >= 4 is 44.8 Å². The predicted molar refractivity (Wildman–Crippen MR) is 77.8 cm³/mol. The van der Waals surface area contributed by atoms with Gasteiger partial charge in [-0.1, -0.05) is 11.6 Å². The number of halogens is 5. The van der Waals surface area contributed by atoms with Gasteiger partial charge in [-0.2, -0.15) is 0 Å². The third-order valence-electron chi connectivity index (χ3n) is 2.58. The van der Waals surface area contributed by atoms with E-state index in [1.165, 1.54) is 0 Å². The Hall–Kier alpha value is -1.73. The Kier molecular flexibility index (Phi) is 4.43. The number of hydrogen-bond donors (Lipinski definition) is 2. The first-order valence-corrected chi connectivity index (χ1v) is 6.67. The molecule has 0 aliphatic carbocycles. The highest BCUT2D eigenvalue weighted by Crippen LogP contribution is 2.32. The van der Waals surface area contributed by atoms with Crippen LogP contribution in [-0.2, 0) is 0 Å². The number of carbonyl (C=O) groups is 1. The summed E-state index contributed by atoms with van der Waals surface area (Å²) in [4.78, 5) is 12.0. The summed E-state index contributed by atoms with van der Waals surface area (Å²) in [5, 5.41) is 2.30. The molecule has 0 aromatic heterocycles. The van der Waals surface area contributed by atoms with Crippen LogP contribution in [0.15, 0.2) is 28.7 Å². The van der Waals surface area contributed by atoms with Crippen LogP contribution in [0.3, 0.4) is 0 Å². The maximum atomic E-state index is 13.2. The van der Waals surface area contributed by atoms with Crippen molar-refractivity contribution in [2.45, 2.75) is 0 Å². The normalized spacial score (nSPS) is 10.5. The molecular weight excluding hydrogens is 373 g/mol. The van der Waals surface area contributed by atoms with Crippen LogP contribution in [0.2, 0.25) is 5.02 Å². The summed E-state index contributed by atoms with van der Waals surface area (Å²) >= 11 is 8.85. The SMILES string of the molecule is Nc1cc(F)c(F)cc1C(=O)Nc1c(Cl)cc(F)cc1Br. The van der Waals surface area contributed by atoms with Gasteiger partial charge < -0.3 is 11.1 Å². The Bertz CT molecular complexity index is 717. The summed E-state index contributed by atoms with van der Waals surface area (Å²) in [6, 6.07) is 3.46. The van der Waals surface area contributed by atoms with Crippen molar-refractivity contribution in [3.05, 3.63) is 56.8 Å². The van der Waals surface area contributed by atoms with E-state index in [0.717, 1.165) is 12.1 Å². The molecule has 2 rings (SSSR count). The number of hydrogen-bond acceptors (Lipinski definition) is 2. The Balaban J connectivity index is 2.37. The Morgan fingerprint density at radius 2 is 1.76 bits per heavy atom. The molecule has 2 aromatic carbocycles. The molecule has 110 valence electrons. The highest BCUT2D eigenvalue weighted by atomic mass is 79.9. The van der Waals surface area contributed by atoms with Gasteiger partial charge in [0, 0.05) is 16.2 Å². The van der Waals surface area contributed by atoms with Crippen molar-refractivity contribution in [3.63, 3.8) is 0 Å². The molecule has 0 aliphatic rings. The molecule has 0 saturated carbocycles. The number of benzene rings is 2. The van der Waals surface area contributed by atoms with Gasteiger partial charge >= 0.3 is 0 Å². The molecule has 2 aromatic rings. The first-order valence-electron chi connectivity index (χ1n) is 5.50. The third kappa shape index (κ3) is 3.30. The summed E-state index contributed by atoms with van der Waals surface area (Å²) in [5.74, 6) is -3.78. The summed E-state index contributed by atoms with van der Waals surface area (Å²) in [6.45, 7) is 0. The molecule has 21 heavy (non-hydrogen) atoms. The Morgan fingerprint density at radius 3 is 2.38 bits per heavy atom. The molecular formula is C13H7BrClF3N2O. The van der Waals surface area contributed by atoms with Gasteiger partial charge in [-0.15, -0.1) is 0 Å². The molecule has 3 nitrogen and oxygen atoms in total. The van der Waals surface area contributed by atoms with Crippen LogP contribution in [0.4, 0.5) is 24.5 Å². The standard InChI is InChI=1S/C13H7BrClF3N2O/c14-7-1-5(16)2-8(15)12(7)20-13(21)6-3-9(17)10(18)4-11(6)19/h1-4H,19H2,(H,20,21). The highest BCUT2D eigenvalue weighted by molar-refractivity contribution is 9.10. The van der Waals surface area contributed by atoms with Crippen LogP contribution in [0.25, 0.3) is 0 Å². The zero-order valence-corrected chi connectivity index (χ0v) is 12.5. The van der Waals surface area contributed by atoms with Gasteiger partial charge in [0.25, 0.3) is 5.91 Å². The average molecular weight is 380 g/mol. The number of amides is 1. The molecule has 1 amide bonds. The number of rotatable bonds is 2. The van der Waals surface area contributed by atoms with Crippen LogP contribution in [0.1, 0.15) is 10.4 Å². The zero-order chi connectivity index (χ0) is 15.7. The Morgan fingerprint density at radius 1 is 1.14 bits per heavy atom. The van der Waals surface area contributed by atoms with E-state index in [9.17, 15) is 18.0 Å². The molecule has 0 saturated heterocycles. The van der Waals surface area contributed by atoms with E-state index in [2.05, 4.69) is 21.2 Å². The Labute approximate surface area is 131 Å². The minimum absolute atomic E-state index is 0.0589. The average Bonchev–Trinajstić information content (AvgIpc) is 2.37. The van der Waals surface area contributed by atoms with E-state index in [1.807, 2.05) is 0 Å². The summed E-state index contributed by atoms with van der Waals surface area (Å²) in [7, 11) is 0. The second-order valence-electron chi connectivity index (χ2n) is 4.05. The van der Waals surface area contributed by atoms with Gasteiger partial charge in [-0.25, -0.2) is 13.2 Å². The fourth-order valence-electron chi connectivity index (χ4n) is 1.60. The lowest BCUT2D eigenvalue weighted by atomic mass is 10.1. The van der Waals surface area contributed by atoms with Gasteiger partial charge in [0.2, 0.25) is 0 Å². The minimum Gasteiger partial charge on any atom is -0.398 e. The number of carbonyl (C=O) groups excluding carboxylic acids is 1. The molecule has 0 radical (unpaired) electrons. The van der Waals surface area contributed by atoms with Crippen LogP contribution < -0.4 is 11.1 Å². The number of anilines is 2. The lowest BCUT2D eigenvalue weighted by Gasteiger charge is -2.11. The lowest BCUT2D eigenvalue weighted by molar-refractivity contribution is 0.102. The molecule has 3 N–H and O–H groups in total. The third-order valence-corrected chi connectivity index (χ3v) is 3.51. The fraction of sp³-hybridized carbons (Fsp3) is 0. The van der Waals surface area contributed by atoms with Crippen molar-refractivity contribution in [2.75, 3.05) is 11.1 Å². The molecule has 0 bridgehead atoms. The summed E-state index contributed by atoms with van der Waals surface area (Å²) in [5.41, 5.74) is 5.06. The minimum atomic E-state index is -1.21. The van der Waals surface area contributed by atoms with E-state index in [1.54, 1.807) is 0 Å². The first-order chi connectivity index (χ1) is 9.79. The largest absolute Gasteiger partial charge is 0.398 e. The van der Waals surface area contributed by atoms with Crippen LogP contribution in [0.5, 0.6) is 0 Å². The highest BCUT2D eigenvalue weighted by Gasteiger charge is 2.17. The maximum absolute atomic E-state index is 13.2. The van der Waals surface area contributed by atoms with E-state index >= 15 is 0 Å². The van der Waals surface area contributed by atoms with Crippen LogP contribution in [-0.4, -0.2) is 5.91 Å². The quantitative estimate of drug-likeness (QED) is 0.762. The first kappa shape index (κ1) is 15.7. The number of nitrogens with two attached hydrogens (primary N) is 1. The van der Waals surface area contributed by atoms with Crippen LogP contribution in [0, 0.1) is 17.5 Å². The number of nitrogen functional groups attached to an aromatic ring is 1. The molecule has 0 spiro atoms. The van der Waals surface area contributed by atoms with Gasteiger partial charge in [0.05, 0.1) is 16.3 Å². The van der Waals surface area contributed by atoms with Gasteiger partial charge in [0.1, 0.15) is 5.82 Å². The predicted octanol–water partition coefficient (Wildman–Crippen LogP) is 4.35. The van der Waals surface area contributed by atoms with Crippen molar-refractivity contribution in [3.8, 4) is 0 Å². The van der Waals surface area contributed by atoms with E-state index in [-0.39, 0.29) is 26.4 Å². The maximum Gasteiger partial charge on any atom is 0.257 e. The number of nitrogens with one attached hydrogen (secondary N) is 1. The molecule has 0 aliphatic heterocycles. The van der Waals surface area contributed by atoms with Gasteiger partial charge in [0.15, 0.2) is 11.6 Å². The summed E-state index contributed by atoms with van der Waals surface area (Å²) in [6.07, 6.45) is 0. The molecule has 0 heterocycles. The van der Waals surface area contributed by atoms with Crippen molar-refractivity contribution in [1.29, 1.82) is 0 Å². The van der Waals surface area contributed by atoms with Gasteiger partial charge in [-0.3, -0.25) is 4.79 Å². The topological polar surface area (TPSA) is 55.1 Å². The summed E-state index contributed by atoms with van der Waals surface area (Å²) < 4.78 is 39.4. The molecule has 0 atom stereocenters. The molecule has 0 fully saturated rings. The van der Waals surface area contributed by atoms with Crippen LogP contribution >= 0.6 is 27.5 Å². The van der Waals surface area contributed by atoms with E-state index in [0.29, 0.717) is 12.1 Å². The van der Waals surface area contributed by atoms with E-state index < -0.39 is 23.4 Å².